The van der Waals surface area contributed by atoms with Gasteiger partial charge in [0.1, 0.15) is 12.2 Å². The number of rotatable bonds is 9. The smallest absolute Gasteiger partial charge is 0.410 e. The number of nitrogens with zero attached hydrogens (tertiary/aromatic N) is 1. The molecule has 0 bridgehead atoms. The number of piperidine rings is 1. The van der Waals surface area contributed by atoms with Gasteiger partial charge in [-0.15, -0.1) is 0 Å². The third kappa shape index (κ3) is 10.1. The predicted molar refractivity (Wildman–Crippen MR) is 121 cm³/mol. The number of ether oxygens (including phenoxy) is 3. The maximum atomic E-state index is 12.2. The van der Waals surface area contributed by atoms with Gasteiger partial charge in [-0.05, 0) is 57.9 Å². The first-order chi connectivity index (χ1) is 15.7. The van der Waals surface area contributed by atoms with Crippen molar-refractivity contribution < 1.29 is 33.7 Å². The second-order valence-corrected chi connectivity index (χ2v) is 9.16. The number of alkyl carbamates (subject to hydrolysis) is 1. The van der Waals surface area contributed by atoms with Crippen molar-refractivity contribution in [3.05, 3.63) is 35.9 Å². The lowest BCUT2D eigenvalue weighted by Crippen LogP contribution is -2.46. The van der Waals surface area contributed by atoms with E-state index in [1.54, 1.807) is 25.7 Å². The zero-order valence-electron chi connectivity index (χ0n) is 19.7. The lowest BCUT2D eigenvalue weighted by atomic mass is 9.92. The number of nitrogens with one attached hydrogen (secondary N) is 1. The molecule has 9 heteroatoms. The zero-order chi connectivity index (χ0) is 24.3. The third-order valence-corrected chi connectivity index (χ3v) is 5.24. The van der Waals surface area contributed by atoms with E-state index in [1.807, 2.05) is 30.3 Å². The minimum absolute atomic E-state index is 0.199. The standard InChI is InChI=1S/C24H36N2O7/c1-24(2,3)33-22(29)25-20(16-27)21(28)31-15-7-10-18-11-13-26(14-12-18)23(30)32-17-19-8-5-4-6-9-19/h4-6,8-9,18,20,27H,7,10-17H2,1-3H3,(H,25,29)/t20-/m1/s1. The normalized spacial score (nSPS) is 15.5. The Kier molecular flexibility index (Phi) is 10.4. The number of carbonyl (C=O) groups excluding carboxylic acids is 3. The summed E-state index contributed by atoms with van der Waals surface area (Å²) in [6.07, 6.45) is 2.19. The Labute approximate surface area is 195 Å². The number of aliphatic hydroxyl groups is 1. The Morgan fingerprint density at radius 1 is 1.12 bits per heavy atom. The number of aliphatic hydroxyl groups excluding tert-OH is 1. The van der Waals surface area contributed by atoms with Crippen LogP contribution in [0.25, 0.3) is 0 Å². The first kappa shape index (κ1) is 26.4. The molecule has 1 aliphatic rings. The molecule has 1 atom stereocenters. The predicted octanol–water partition coefficient (Wildman–Crippen LogP) is 3.24. The van der Waals surface area contributed by atoms with E-state index in [0.717, 1.165) is 24.8 Å². The highest BCUT2D eigenvalue weighted by Crippen LogP contribution is 2.22. The molecular weight excluding hydrogens is 428 g/mol. The SMILES string of the molecule is CC(C)(C)OC(=O)N[C@H](CO)C(=O)OCCCC1CCN(C(=O)OCc2ccccc2)CC1. The van der Waals surface area contributed by atoms with Gasteiger partial charge in [0.25, 0.3) is 0 Å². The number of amides is 2. The first-order valence-corrected chi connectivity index (χ1v) is 11.4. The quantitative estimate of drug-likeness (QED) is 0.328. The first-order valence-electron chi connectivity index (χ1n) is 11.4. The Morgan fingerprint density at radius 2 is 1.79 bits per heavy atom. The molecule has 0 aliphatic carbocycles. The summed E-state index contributed by atoms with van der Waals surface area (Å²) < 4.78 is 15.7. The van der Waals surface area contributed by atoms with Crippen LogP contribution in [0.4, 0.5) is 9.59 Å². The van der Waals surface area contributed by atoms with Crippen LogP contribution in [0.15, 0.2) is 30.3 Å². The van der Waals surface area contributed by atoms with Gasteiger partial charge < -0.3 is 29.5 Å². The summed E-state index contributed by atoms with van der Waals surface area (Å²) in [4.78, 5) is 37.8. The molecule has 1 aromatic carbocycles. The van der Waals surface area contributed by atoms with E-state index < -0.39 is 30.3 Å². The van der Waals surface area contributed by atoms with Gasteiger partial charge in [-0.25, -0.2) is 14.4 Å². The van der Waals surface area contributed by atoms with E-state index in [0.29, 0.717) is 25.4 Å². The molecule has 9 nitrogen and oxygen atoms in total. The molecule has 0 spiro atoms. The molecule has 1 fully saturated rings. The molecule has 1 saturated heterocycles. The van der Waals surface area contributed by atoms with Crippen LogP contribution in [0, 0.1) is 5.92 Å². The van der Waals surface area contributed by atoms with Crippen LogP contribution in [0.2, 0.25) is 0 Å². The number of likely N-dealkylation sites (tertiary alicyclic amines) is 1. The largest absolute Gasteiger partial charge is 0.464 e. The lowest BCUT2D eigenvalue weighted by Gasteiger charge is -2.31. The van der Waals surface area contributed by atoms with Crippen molar-refractivity contribution in [2.24, 2.45) is 5.92 Å². The summed E-state index contributed by atoms with van der Waals surface area (Å²) in [5.74, 6) is -0.255. The number of benzene rings is 1. The second-order valence-electron chi connectivity index (χ2n) is 9.16. The molecule has 184 valence electrons. The van der Waals surface area contributed by atoms with Crippen molar-refractivity contribution in [3.8, 4) is 0 Å². The second kappa shape index (κ2) is 13.0. The maximum absolute atomic E-state index is 12.2. The van der Waals surface area contributed by atoms with E-state index in [1.165, 1.54) is 0 Å². The maximum Gasteiger partial charge on any atom is 0.410 e. The van der Waals surface area contributed by atoms with E-state index >= 15 is 0 Å². The van der Waals surface area contributed by atoms with Crippen LogP contribution < -0.4 is 5.32 Å². The van der Waals surface area contributed by atoms with E-state index in [2.05, 4.69) is 5.32 Å². The molecule has 2 amide bonds. The topological polar surface area (TPSA) is 114 Å². The van der Waals surface area contributed by atoms with Gasteiger partial charge in [0.05, 0.1) is 13.2 Å². The highest BCUT2D eigenvalue weighted by atomic mass is 16.6. The van der Waals surface area contributed by atoms with E-state index in [4.69, 9.17) is 14.2 Å². The van der Waals surface area contributed by atoms with Crippen molar-refractivity contribution in [3.63, 3.8) is 0 Å². The van der Waals surface area contributed by atoms with Crippen LogP contribution in [0.3, 0.4) is 0 Å². The summed E-state index contributed by atoms with van der Waals surface area (Å²) in [5.41, 5.74) is 0.252. The van der Waals surface area contributed by atoms with Crippen LogP contribution in [-0.2, 0) is 25.6 Å². The van der Waals surface area contributed by atoms with Crippen molar-refractivity contribution >= 4 is 18.2 Å². The summed E-state index contributed by atoms with van der Waals surface area (Å²) in [5, 5.41) is 11.7. The van der Waals surface area contributed by atoms with Gasteiger partial charge in [0.2, 0.25) is 0 Å². The Balaban J connectivity index is 1.60. The fourth-order valence-electron chi connectivity index (χ4n) is 3.49. The molecule has 0 unspecified atom stereocenters. The lowest BCUT2D eigenvalue weighted by molar-refractivity contribution is -0.147. The Hall–Kier alpha value is -2.81. The van der Waals surface area contributed by atoms with Crippen LogP contribution >= 0.6 is 0 Å². The average molecular weight is 465 g/mol. The van der Waals surface area contributed by atoms with Crippen LogP contribution in [0.1, 0.15) is 52.0 Å². The van der Waals surface area contributed by atoms with Gasteiger partial charge in [0.15, 0.2) is 6.04 Å². The highest BCUT2D eigenvalue weighted by Gasteiger charge is 2.26. The van der Waals surface area contributed by atoms with Crippen molar-refractivity contribution in [1.82, 2.24) is 10.2 Å². The third-order valence-electron chi connectivity index (χ3n) is 5.24. The van der Waals surface area contributed by atoms with Gasteiger partial charge in [-0.2, -0.15) is 0 Å². The van der Waals surface area contributed by atoms with Gasteiger partial charge in [0, 0.05) is 13.1 Å². The molecule has 0 aromatic heterocycles. The number of hydrogen-bond donors (Lipinski definition) is 2. The molecule has 2 rings (SSSR count). The molecule has 2 N–H and O–H groups in total. The molecule has 0 radical (unpaired) electrons. The fraction of sp³-hybridized carbons (Fsp3) is 0.625. The highest BCUT2D eigenvalue weighted by molar-refractivity contribution is 5.81. The monoisotopic (exact) mass is 464 g/mol. The minimum Gasteiger partial charge on any atom is -0.464 e. The molecule has 1 heterocycles. The van der Waals surface area contributed by atoms with Gasteiger partial charge >= 0.3 is 18.2 Å². The number of hydrogen-bond acceptors (Lipinski definition) is 7. The molecule has 1 aromatic rings. The number of esters is 1. The fourth-order valence-corrected chi connectivity index (χ4v) is 3.49. The van der Waals surface area contributed by atoms with E-state index in [9.17, 15) is 19.5 Å². The van der Waals surface area contributed by atoms with Crippen molar-refractivity contribution in [2.45, 2.75) is 64.7 Å². The summed E-state index contributed by atoms with van der Waals surface area (Å²) in [6.45, 7) is 6.30. The Morgan fingerprint density at radius 3 is 2.39 bits per heavy atom. The molecule has 1 aliphatic heterocycles. The van der Waals surface area contributed by atoms with Crippen LogP contribution in [0.5, 0.6) is 0 Å². The summed E-state index contributed by atoms with van der Waals surface area (Å²) in [6, 6.07) is 8.42. The van der Waals surface area contributed by atoms with E-state index in [-0.39, 0.29) is 19.3 Å². The molecular formula is C24H36N2O7. The summed E-state index contributed by atoms with van der Waals surface area (Å²) >= 11 is 0. The van der Waals surface area contributed by atoms with Crippen LogP contribution in [-0.4, -0.2) is 66.1 Å². The summed E-state index contributed by atoms with van der Waals surface area (Å²) in [7, 11) is 0. The average Bonchev–Trinajstić information content (AvgIpc) is 2.78. The van der Waals surface area contributed by atoms with Gasteiger partial charge in [-0.3, -0.25) is 0 Å². The zero-order valence-corrected chi connectivity index (χ0v) is 19.7. The Bertz CT molecular complexity index is 756. The van der Waals surface area contributed by atoms with Gasteiger partial charge in [-0.1, -0.05) is 30.3 Å². The van der Waals surface area contributed by atoms with Crippen molar-refractivity contribution in [2.75, 3.05) is 26.3 Å². The number of carbonyl (C=O) groups is 3. The molecule has 0 saturated carbocycles. The minimum atomic E-state index is -1.16. The van der Waals surface area contributed by atoms with Crippen molar-refractivity contribution in [1.29, 1.82) is 0 Å². The molecule has 33 heavy (non-hydrogen) atoms.